The molecule has 1 aromatic heterocycles. The highest BCUT2D eigenvalue weighted by atomic mass is 32.2. The van der Waals surface area contributed by atoms with E-state index in [4.69, 9.17) is 4.74 Å². The second-order valence-electron chi connectivity index (χ2n) is 7.64. The van der Waals surface area contributed by atoms with Crippen LogP contribution in [0.5, 0.6) is 0 Å². The summed E-state index contributed by atoms with van der Waals surface area (Å²) in [4.78, 5) is 25.6. The molecular weight excluding hydrogens is 446 g/mol. The van der Waals surface area contributed by atoms with Crippen LogP contribution >= 0.6 is 0 Å². The maximum Gasteiger partial charge on any atom is 0.317 e. The summed E-state index contributed by atoms with van der Waals surface area (Å²) in [6, 6.07) is 13.0. The fraction of sp³-hybridized carbons (Fsp3) is 0.261. The number of ether oxygens (including phenoxy) is 1. The van der Waals surface area contributed by atoms with Gasteiger partial charge in [0.2, 0.25) is 10.0 Å². The maximum atomic E-state index is 13.5. The van der Waals surface area contributed by atoms with E-state index in [0.29, 0.717) is 12.0 Å². The molecular formula is C23H23N3O6S. The van der Waals surface area contributed by atoms with Crippen LogP contribution < -0.4 is 0 Å². The summed E-state index contributed by atoms with van der Waals surface area (Å²) in [5.41, 5.74) is 2.00. The minimum absolute atomic E-state index is 0.0415. The Morgan fingerprint density at radius 3 is 2.67 bits per heavy atom. The number of hydrogen-bond acceptors (Lipinski definition) is 6. The third-order valence-corrected chi connectivity index (χ3v) is 7.45. The minimum Gasteiger partial charge on any atom is -0.465 e. The van der Waals surface area contributed by atoms with Crippen molar-refractivity contribution in [3.8, 4) is 0 Å². The average Bonchev–Trinajstić information content (AvgIpc) is 3.47. The Morgan fingerprint density at radius 1 is 1.18 bits per heavy atom. The Labute approximate surface area is 190 Å². The summed E-state index contributed by atoms with van der Waals surface area (Å²) in [6.45, 7) is 1.98. The Kier molecular flexibility index (Phi) is 6.30. The molecule has 33 heavy (non-hydrogen) atoms. The SMILES string of the molecule is CCOC(=O)C1C=C1CN(CCc1c[nH]c2ccccc12)S(=O)(=O)c1ccccc1[N+](=O)[O-]. The molecule has 1 N–H and O–H groups in total. The predicted octanol–water partition coefficient (Wildman–Crippen LogP) is 3.43. The maximum absolute atomic E-state index is 13.5. The first-order chi connectivity index (χ1) is 15.8. The van der Waals surface area contributed by atoms with Crippen molar-refractivity contribution < 1.29 is 22.9 Å². The van der Waals surface area contributed by atoms with E-state index in [1.54, 1.807) is 13.0 Å². The topological polar surface area (TPSA) is 123 Å². The first-order valence-electron chi connectivity index (χ1n) is 10.5. The van der Waals surface area contributed by atoms with Crippen LogP contribution in [0.1, 0.15) is 12.5 Å². The van der Waals surface area contributed by atoms with Crippen molar-refractivity contribution in [2.75, 3.05) is 19.7 Å². The summed E-state index contributed by atoms with van der Waals surface area (Å²) >= 11 is 0. The molecule has 1 unspecified atom stereocenters. The lowest BCUT2D eigenvalue weighted by Gasteiger charge is -2.21. The first kappa shape index (κ1) is 22.7. The quantitative estimate of drug-likeness (QED) is 0.210. The molecule has 0 spiro atoms. The highest BCUT2D eigenvalue weighted by Crippen LogP contribution is 2.34. The number of carbonyl (C=O) groups excluding carboxylic acids is 1. The zero-order chi connectivity index (χ0) is 23.6. The monoisotopic (exact) mass is 469 g/mol. The Balaban J connectivity index is 1.62. The van der Waals surface area contributed by atoms with Gasteiger partial charge >= 0.3 is 5.97 Å². The van der Waals surface area contributed by atoms with Crippen molar-refractivity contribution in [1.29, 1.82) is 0 Å². The van der Waals surface area contributed by atoms with Crippen molar-refractivity contribution in [3.05, 3.63) is 82.1 Å². The molecule has 0 fully saturated rings. The summed E-state index contributed by atoms with van der Waals surface area (Å²) in [5, 5.41) is 12.5. The van der Waals surface area contributed by atoms with Gasteiger partial charge in [-0.1, -0.05) is 36.4 Å². The van der Waals surface area contributed by atoms with Crippen LogP contribution in [-0.4, -0.2) is 48.3 Å². The molecule has 3 aromatic rings. The third kappa shape index (κ3) is 4.67. The highest BCUT2D eigenvalue weighted by molar-refractivity contribution is 7.89. The van der Waals surface area contributed by atoms with Crippen LogP contribution in [0.15, 0.2) is 71.3 Å². The average molecular weight is 470 g/mol. The van der Waals surface area contributed by atoms with Crippen molar-refractivity contribution in [2.24, 2.45) is 5.92 Å². The van der Waals surface area contributed by atoms with Gasteiger partial charge in [0.05, 0.1) is 17.4 Å². The number of aromatic amines is 1. The second-order valence-corrected chi connectivity index (χ2v) is 9.55. The molecule has 4 rings (SSSR count). The van der Waals surface area contributed by atoms with Crippen LogP contribution in [0.3, 0.4) is 0 Å². The minimum atomic E-state index is -4.21. The number of nitrogens with one attached hydrogen (secondary N) is 1. The van der Waals surface area contributed by atoms with Gasteiger partial charge in [0, 0.05) is 36.3 Å². The van der Waals surface area contributed by atoms with Crippen LogP contribution in [-0.2, 0) is 26.0 Å². The summed E-state index contributed by atoms with van der Waals surface area (Å²) in [5.74, 6) is -0.978. The number of para-hydroxylation sites is 2. The number of H-pyrrole nitrogens is 1. The normalized spacial score (nSPS) is 15.5. The molecule has 1 atom stereocenters. The highest BCUT2D eigenvalue weighted by Gasteiger charge is 2.38. The standard InChI is InChI=1S/C23H23N3O6S/c1-2-32-23(27)19-13-17(19)15-25(12-11-16-14-24-20-8-4-3-7-18(16)20)33(30,31)22-10-6-5-9-21(22)26(28)29/h3-10,13-14,19,24H,2,11-12,15H2,1H3. The molecule has 1 aliphatic carbocycles. The molecule has 0 bridgehead atoms. The van der Waals surface area contributed by atoms with Gasteiger partial charge in [-0.15, -0.1) is 0 Å². The predicted molar refractivity (Wildman–Crippen MR) is 122 cm³/mol. The number of hydrogen-bond donors (Lipinski definition) is 1. The number of benzene rings is 2. The van der Waals surface area contributed by atoms with E-state index in [9.17, 15) is 23.3 Å². The summed E-state index contributed by atoms with van der Waals surface area (Å²) < 4.78 is 33.2. The number of carbonyl (C=O) groups is 1. The zero-order valence-corrected chi connectivity index (χ0v) is 18.7. The second kappa shape index (κ2) is 9.16. The van der Waals surface area contributed by atoms with Crippen LogP contribution in [0, 0.1) is 16.0 Å². The van der Waals surface area contributed by atoms with E-state index in [2.05, 4.69) is 4.98 Å². The Hall–Kier alpha value is -3.50. The molecule has 1 aliphatic rings. The van der Waals surface area contributed by atoms with E-state index in [1.165, 1.54) is 28.6 Å². The molecule has 2 aromatic carbocycles. The fourth-order valence-electron chi connectivity index (χ4n) is 3.81. The lowest BCUT2D eigenvalue weighted by molar-refractivity contribution is -0.387. The van der Waals surface area contributed by atoms with Gasteiger partial charge in [0.25, 0.3) is 5.69 Å². The molecule has 0 saturated carbocycles. The zero-order valence-electron chi connectivity index (χ0n) is 17.9. The van der Waals surface area contributed by atoms with Gasteiger partial charge in [-0.25, -0.2) is 8.42 Å². The molecule has 0 aliphatic heterocycles. The van der Waals surface area contributed by atoms with Crippen LogP contribution in [0.25, 0.3) is 10.9 Å². The molecule has 0 saturated heterocycles. The van der Waals surface area contributed by atoms with Crippen LogP contribution in [0.2, 0.25) is 0 Å². The number of fused-ring (bicyclic) bond motifs is 1. The number of sulfonamides is 1. The Morgan fingerprint density at radius 2 is 1.91 bits per heavy atom. The van der Waals surface area contributed by atoms with Crippen LogP contribution in [0.4, 0.5) is 5.69 Å². The number of esters is 1. The molecule has 10 heteroatoms. The van der Waals surface area contributed by atoms with Gasteiger partial charge in [-0.05, 0) is 36.6 Å². The van der Waals surface area contributed by atoms with E-state index in [0.717, 1.165) is 16.5 Å². The van der Waals surface area contributed by atoms with Crippen molar-refractivity contribution in [2.45, 2.75) is 18.2 Å². The fourth-order valence-corrected chi connectivity index (χ4v) is 5.39. The number of nitro benzene ring substituents is 1. The van der Waals surface area contributed by atoms with E-state index < -0.39 is 32.5 Å². The van der Waals surface area contributed by atoms with E-state index in [1.807, 2.05) is 30.5 Å². The largest absolute Gasteiger partial charge is 0.465 e. The van der Waals surface area contributed by atoms with Crippen molar-refractivity contribution >= 4 is 32.6 Å². The summed E-state index contributed by atoms with van der Waals surface area (Å²) in [7, 11) is -4.21. The molecule has 0 amide bonds. The van der Waals surface area contributed by atoms with Gasteiger partial charge in [-0.3, -0.25) is 14.9 Å². The number of nitro groups is 1. The van der Waals surface area contributed by atoms with Gasteiger partial charge in [0.1, 0.15) is 0 Å². The van der Waals surface area contributed by atoms with Crippen molar-refractivity contribution in [1.82, 2.24) is 9.29 Å². The number of aromatic nitrogens is 1. The Bertz CT molecular complexity index is 1340. The molecule has 9 nitrogen and oxygen atoms in total. The smallest absolute Gasteiger partial charge is 0.317 e. The van der Waals surface area contributed by atoms with Gasteiger partial charge in [-0.2, -0.15) is 4.31 Å². The summed E-state index contributed by atoms with van der Waals surface area (Å²) in [6.07, 6.45) is 3.88. The lowest BCUT2D eigenvalue weighted by atomic mass is 10.1. The third-order valence-electron chi connectivity index (χ3n) is 5.56. The van der Waals surface area contributed by atoms with E-state index in [-0.39, 0.29) is 24.6 Å². The molecule has 172 valence electrons. The van der Waals surface area contributed by atoms with Gasteiger partial charge in [0.15, 0.2) is 4.90 Å². The van der Waals surface area contributed by atoms with Gasteiger partial charge < -0.3 is 9.72 Å². The van der Waals surface area contributed by atoms with E-state index >= 15 is 0 Å². The first-order valence-corrected chi connectivity index (χ1v) is 11.9. The molecule has 0 radical (unpaired) electrons. The lowest BCUT2D eigenvalue weighted by Crippen LogP contribution is -2.34. The number of rotatable bonds is 10. The molecule has 1 heterocycles. The number of nitrogens with zero attached hydrogens (tertiary/aromatic N) is 2. The van der Waals surface area contributed by atoms with Crippen molar-refractivity contribution in [3.63, 3.8) is 0 Å².